The molecule has 2 amide bonds. The Labute approximate surface area is 520 Å². The standard InChI is InChI=1S/C64H61F3N6O14S3/c1-41-12-31-53(32-13-41)90(80,81)86-35-34-84-51-24-16-43(17-25-51)36-55(58(74)73(61(77)87-62(2,3)4)56(59(75)76)37-42-14-18-47(19-15-42)64(65,66)67)72-39-48(69-71-72)40-85-52-30-33-54-57(38-52)88-60(68-54)89(78,79)70-63(44-10-8-7-9-11-44,45-20-26-49(82-5)27-21-45)46-22-28-50(83-6)29-23-46/h7-33,38-39,55-56,70H,34-37,40H2,1-6H3,(H,75,76). The average molecular weight is 1290 g/mol. The lowest BCUT2D eigenvalue weighted by atomic mass is 9.78. The fourth-order valence-electron chi connectivity index (χ4n) is 9.57. The van der Waals surface area contributed by atoms with Crippen LogP contribution >= 0.6 is 11.3 Å². The van der Waals surface area contributed by atoms with Crippen LogP contribution in [0.25, 0.3) is 10.2 Å². The number of hydrogen-bond donors (Lipinski definition) is 2. The summed E-state index contributed by atoms with van der Waals surface area (Å²) >= 11 is 0.895. The smallest absolute Gasteiger partial charge is 0.417 e. The van der Waals surface area contributed by atoms with Crippen LogP contribution in [0.4, 0.5) is 18.0 Å². The van der Waals surface area contributed by atoms with Crippen LogP contribution in [0.5, 0.6) is 23.0 Å². The van der Waals surface area contributed by atoms with E-state index >= 15 is 4.79 Å². The highest BCUT2D eigenvalue weighted by atomic mass is 32.2. The van der Waals surface area contributed by atoms with Crippen molar-refractivity contribution in [3.63, 3.8) is 0 Å². The molecule has 26 heteroatoms. The summed E-state index contributed by atoms with van der Waals surface area (Å²) < 4.78 is 134. The normalized spacial score (nSPS) is 12.9. The minimum atomic E-state index is -4.71. The number of hydrogen-bond acceptors (Lipinski definition) is 17. The van der Waals surface area contributed by atoms with E-state index in [0.717, 1.165) is 45.8 Å². The molecule has 0 aliphatic carbocycles. The molecule has 470 valence electrons. The van der Waals surface area contributed by atoms with Crippen molar-refractivity contribution in [2.24, 2.45) is 0 Å². The van der Waals surface area contributed by atoms with Crippen LogP contribution < -0.4 is 23.7 Å². The molecule has 0 saturated heterocycles. The van der Waals surface area contributed by atoms with E-state index in [2.05, 4.69) is 20.0 Å². The minimum absolute atomic E-state index is 0.0259. The lowest BCUT2D eigenvalue weighted by molar-refractivity contribution is -0.151. The summed E-state index contributed by atoms with van der Waals surface area (Å²) in [7, 11) is -5.47. The van der Waals surface area contributed by atoms with Gasteiger partial charge in [0.15, 0.2) is 0 Å². The number of methoxy groups -OCH3 is 2. The fourth-order valence-corrected chi connectivity index (χ4v) is 13.1. The Balaban J connectivity index is 0.988. The topological polar surface area (TPSA) is 254 Å². The van der Waals surface area contributed by atoms with Gasteiger partial charge in [0, 0.05) is 12.8 Å². The number of carboxylic acids is 1. The maximum absolute atomic E-state index is 15.2. The molecule has 2 heterocycles. The number of halogens is 3. The molecule has 0 saturated carbocycles. The van der Waals surface area contributed by atoms with Crippen LogP contribution in [0.3, 0.4) is 0 Å². The molecule has 0 radical (unpaired) electrons. The third-order valence-corrected chi connectivity index (χ3v) is 18.2. The lowest BCUT2D eigenvalue weighted by Gasteiger charge is -2.36. The third kappa shape index (κ3) is 15.6. The first-order valence-corrected chi connectivity index (χ1v) is 31.4. The van der Waals surface area contributed by atoms with Crippen LogP contribution in [-0.4, -0.2) is 104 Å². The molecule has 0 spiro atoms. The Morgan fingerprint density at radius 1 is 0.678 bits per heavy atom. The average Bonchev–Trinajstić information content (AvgIpc) is 1.04. The highest BCUT2D eigenvalue weighted by Gasteiger charge is 2.44. The van der Waals surface area contributed by atoms with Crippen molar-refractivity contribution in [2.45, 2.75) is 85.8 Å². The van der Waals surface area contributed by atoms with E-state index in [-0.39, 0.29) is 58.2 Å². The number of nitrogens with one attached hydrogen (secondary N) is 1. The zero-order valence-corrected chi connectivity index (χ0v) is 51.7. The third-order valence-electron chi connectivity index (χ3n) is 14.0. The number of carbonyl (C=O) groups is 3. The van der Waals surface area contributed by atoms with Crippen molar-refractivity contribution in [3.8, 4) is 23.0 Å². The fraction of sp³-hybridized carbons (Fsp3) is 0.250. The van der Waals surface area contributed by atoms with Crippen molar-refractivity contribution in [2.75, 3.05) is 27.4 Å². The van der Waals surface area contributed by atoms with E-state index in [0.29, 0.717) is 48.9 Å². The number of amides is 2. The van der Waals surface area contributed by atoms with Crippen molar-refractivity contribution in [1.29, 1.82) is 0 Å². The number of alkyl halides is 3. The van der Waals surface area contributed by atoms with E-state index < -0.39 is 79.5 Å². The Hall–Kier alpha value is -9.21. The number of fused-ring (bicyclic) bond motifs is 1. The van der Waals surface area contributed by atoms with Gasteiger partial charge < -0.3 is 28.8 Å². The molecule has 9 aromatic rings. The Kier molecular flexibility index (Phi) is 19.8. The van der Waals surface area contributed by atoms with Crippen LogP contribution in [0, 0.1) is 6.92 Å². The van der Waals surface area contributed by atoms with Gasteiger partial charge in [0.1, 0.15) is 71.7 Å². The number of benzene rings is 7. The highest BCUT2D eigenvalue weighted by molar-refractivity contribution is 7.91. The molecule has 0 aliphatic heterocycles. The van der Waals surface area contributed by atoms with Gasteiger partial charge in [0.05, 0.1) is 41.1 Å². The van der Waals surface area contributed by atoms with Crippen molar-refractivity contribution < 1.29 is 77.4 Å². The van der Waals surface area contributed by atoms with Gasteiger partial charge in [-0.05, 0) is 134 Å². The second-order valence-corrected chi connectivity index (χ2v) is 26.0. The monoisotopic (exact) mass is 1290 g/mol. The number of carbonyl (C=O) groups excluding carboxylic acids is 2. The van der Waals surface area contributed by atoms with Crippen LogP contribution in [0.2, 0.25) is 0 Å². The van der Waals surface area contributed by atoms with Gasteiger partial charge in [0.25, 0.3) is 26.0 Å². The molecule has 2 atom stereocenters. The van der Waals surface area contributed by atoms with Gasteiger partial charge in [-0.1, -0.05) is 102 Å². The number of aliphatic carboxylic acids is 1. The second kappa shape index (κ2) is 27.3. The van der Waals surface area contributed by atoms with Gasteiger partial charge in [-0.15, -0.1) is 16.4 Å². The first-order valence-electron chi connectivity index (χ1n) is 27.7. The maximum atomic E-state index is 15.2. The van der Waals surface area contributed by atoms with Crippen molar-refractivity contribution >= 4 is 59.7 Å². The summed E-state index contributed by atoms with van der Waals surface area (Å²) in [5.41, 5.74) is -0.215. The Morgan fingerprint density at radius 3 is 1.81 bits per heavy atom. The molecule has 0 bridgehead atoms. The van der Waals surface area contributed by atoms with E-state index in [1.54, 1.807) is 91.0 Å². The van der Waals surface area contributed by atoms with Gasteiger partial charge in [0.2, 0.25) is 4.34 Å². The number of aromatic nitrogens is 4. The van der Waals surface area contributed by atoms with Gasteiger partial charge in [-0.2, -0.15) is 26.3 Å². The summed E-state index contributed by atoms with van der Waals surface area (Å²) in [5.74, 6) is -1.17. The molecule has 90 heavy (non-hydrogen) atoms. The Bertz CT molecular complexity index is 4160. The van der Waals surface area contributed by atoms with Gasteiger partial charge >= 0.3 is 18.2 Å². The summed E-state index contributed by atoms with van der Waals surface area (Å²) in [6.07, 6.45) is -5.63. The number of aryl methyl sites for hydroxylation is 1. The highest BCUT2D eigenvalue weighted by Crippen LogP contribution is 2.41. The zero-order valence-electron chi connectivity index (χ0n) is 49.3. The molecular formula is C64H61F3N6O14S3. The van der Waals surface area contributed by atoms with Gasteiger partial charge in [-0.25, -0.2) is 32.6 Å². The number of imide groups is 1. The molecular weight excluding hydrogens is 1230 g/mol. The van der Waals surface area contributed by atoms with E-state index in [4.69, 9.17) is 27.9 Å². The van der Waals surface area contributed by atoms with Crippen LogP contribution in [0.15, 0.2) is 185 Å². The van der Waals surface area contributed by atoms with E-state index in [1.165, 1.54) is 65.5 Å². The molecule has 0 fully saturated rings. The molecule has 2 unspecified atom stereocenters. The minimum Gasteiger partial charge on any atom is -0.497 e. The number of sulfonamides is 1. The summed E-state index contributed by atoms with van der Waals surface area (Å²) in [5, 5.41) is 19.2. The number of ether oxygens (including phenoxy) is 5. The lowest BCUT2D eigenvalue weighted by Crippen LogP contribution is -2.53. The van der Waals surface area contributed by atoms with Crippen LogP contribution in [-0.2, 0) is 69.8 Å². The first kappa shape index (κ1) is 65.2. The van der Waals surface area contributed by atoms with E-state index in [1.807, 2.05) is 37.3 Å². The molecule has 2 aromatic heterocycles. The van der Waals surface area contributed by atoms with Crippen molar-refractivity contribution in [3.05, 3.63) is 221 Å². The molecule has 9 rings (SSSR count). The summed E-state index contributed by atoms with van der Waals surface area (Å²) in [6.45, 7) is 5.50. The number of carboxylic acid groups (broad SMARTS) is 1. The number of thiazole rings is 1. The van der Waals surface area contributed by atoms with Gasteiger partial charge in [-0.3, -0.25) is 8.98 Å². The number of nitrogens with zero attached hydrogens (tertiary/aromatic N) is 5. The van der Waals surface area contributed by atoms with Crippen molar-refractivity contribution in [1.82, 2.24) is 29.6 Å². The maximum Gasteiger partial charge on any atom is 0.417 e. The largest absolute Gasteiger partial charge is 0.497 e. The SMILES string of the molecule is COc1ccc(C(NS(=O)(=O)c2nc3ccc(OCc4cn(C(Cc5ccc(OCCOS(=O)(=O)c6ccc(C)cc6)cc5)C(=O)N(C(=O)OC(C)(C)C)C(Cc5ccc(C(F)(F)F)cc5)C(=O)O)nn4)cc3s2)(c2ccccc2)c2ccc(OC)cc2)cc1. The molecule has 20 nitrogen and oxygen atoms in total. The molecule has 7 aromatic carbocycles. The Morgan fingerprint density at radius 2 is 1.23 bits per heavy atom. The molecule has 2 N–H and O–H groups in total. The molecule has 0 aliphatic rings. The summed E-state index contributed by atoms with van der Waals surface area (Å²) in [4.78, 5) is 47.6. The second-order valence-electron chi connectivity index (χ2n) is 21.5. The zero-order chi connectivity index (χ0) is 64.6. The first-order chi connectivity index (χ1) is 42.7. The number of rotatable bonds is 25. The predicted octanol–water partition coefficient (Wildman–Crippen LogP) is 11.1. The summed E-state index contributed by atoms with van der Waals surface area (Å²) in [6, 6.07) is 40.3. The quantitative estimate of drug-likeness (QED) is 0.0306. The predicted molar refractivity (Wildman–Crippen MR) is 325 cm³/mol. The van der Waals surface area contributed by atoms with Crippen LogP contribution in [0.1, 0.15) is 71.5 Å². The van der Waals surface area contributed by atoms with E-state index in [9.17, 15) is 44.7 Å².